The largest absolute Gasteiger partial charge is 0.480 e. The Bertz CT molecular complexity index is 1620. The van der Waals surface area contributed by atoms with Crippen LogP contribution in [-0.2, 0) is 21.4 Å². The van der Waals surface area contributed by atoms with Crippen molar-refractivity contribution >= 4 is 67.2 Å². The normalized spacial score (nSPS) is 11.2. The maximum absolute atomic E-state index is 13.6. The lowest BCUT2D eigenvalue weighted by Gasteiger charge is -2.25. The first-order valence-electron chi connectivity index (χ1n) is 11.4. The number of carboxylic acids is 1. The van der Waals surface area contributed by atoms with Crippen molar-refractivity contribution < 1.29 is 23.1 Å². The predicted octanol–water partition coefficient (Wildman–Crippen LogP) is 5.40. The number of hydrogen-bond donors (Lipinski definition) is 3. The number of fused-ring (bicyclic) bond motifs is 1. The Labute approximate surface area is 229 Å². The lowest BCUT2D eigenvalue weighted by atomic mass is 10.0. The number of para-hydroxylation sites is 1. The van der Waals surface area contributed by atoms with Gasteiger partial charge >= 0.3 is 5.97 Å². The van der Waals surface area contributed by atoms with Gasteiger partial charge in [-0.25, -0.2) is 8.42 Å². The maximum atomic E-state index is 13.6. The zero-order valence-corrected chi connectivity index (χ0v) is 22.4. The Morgan fingerprint density at radius 2 is 1.55 bits per heavy atom. The van der Waals surface area contributed by atoms with Crippen LogP contribution in [-0.4, -0.2) is 39.0 Å². The molecule has 4 aromatic rings. The highest BCUT2D eigenvalue weighted by Gasteiger charge is 2.29. The number of amides is 1. The molecule has 4 rings (SSSR count). The summed E-state index contributed by atoms with van der Waals surface area (Å²) in [6.45, 7) is -0.593. The lowest BCUT2D eigenvalue weighted by molar-refractivity contribution is -0.135. The van der Waals surface area contributed by atoms with Gasteiger partial charge in [-0.05, 0) is 47.3 Å². The second-order valence-electron chi connectivity index (χ2n) is 8.28. The van der Waals surface area contributed by atoms with Crippen LogP contribution in [0, 0.1) is 0 Å². The van der Waals surface area contributed by atoms with E-state index in [1.165, 1.54) is 24.3 Å². The Morgan fingerprint density at radius 1 is 0.895 bits per heavy atom. The number of nitrogens with zero attached hydrogens (tertiary/aromatic N) is 1. The van der Waals surface area contributed by atoms with Gasteiger partial charge in [-0.2, -0.15) is 0 Å². The molecule has 38 heavy (non-hydrogen) atoms. The third-order valence-corrected chi connectivity index (χ3v) is 8.02. The quantitative estimate of drug-likeness (QED) is 0.248. The second-order valence-corrected chi connectivity index (χ2v) is 11.0. The number of carboxylic acid groups (broad SMARTS) is 1. The molecule has 0 aliphatic rings. The van der Waals surface area contributed by atoms with Crippen LogP contribution in [0.2, 0.25) is 10.0 Å². The number of anilines is 2. The molecule has 196 valence electrons. The van der Waals surface area contributed by atoms with E-state index in [-0.39, 0.29) is 33.1 Å². The monoisotopic (exact) mass is 571 g/mol. The number of aliphatic carboxylic acids is 1. The molecular formula is C27H23Cl2N3O5S. The topological polar surface area (TPSA) is 116 Å². The molecule has 0 radical (unpaired) electrons. The third kappa shape index (κ3) is 5.70. The number of carbonyl (C=O) groups excluding carboxylic acids is 1. The molecule has 0 atom stereocenters. The van der Waals surface area contributed by atoms with Crippen LogP contribution in [0.4, 0.5) is 11.4 Å². The van der Waals surface area contributed by atoms with Gasteiger partial charge in [0.1, 0.15) is 6.54 Å². The molecule has 0 saturated heterocycles. The van der Waals surface area contributed by atoms with Crippen LogP contribution < -0.4 is 14.9 Å². The van der Waals surface area contributed by atoms with Crippen molar-refractivity contribution in [1.82, 2.24) is 5.32 Å². The van der Waals surface area contributed by atoms with E-state index in [2.05, 4.69) is 10.6 Å². The molecule has 0 heterocycles. The van der Waals surface area contributed by atoms with Gasteiger partial charge in [0.05, 0.1) is 10.6 Å². The fourth-order valence-corrected chi connectivity index (χ4v) is 6.29. The minimum atomic E-state index is -4.40. The standard InChI is InChI=1S/C27H23Cl2N3O5S/c1-30-24-10-3-2-6-17(24)15-31-27(35)23-9-4-8-22-21(23)7-5-11-25(22)32(16-26(33)34)38(36,37)20-13-18(28)12-19(29)14-20/h2-14,30H,15-16H2,1H3,(H,31,35)(H,33,34). The first-order chi connectivity index (χ1) is 18.1. The van der Waals surface area contributed by atoms with Crippen LogP contribution in [0.3, 0.4) is 0 Å². The van der Waals surface area contributed by atoms with E-state index in [0.29, 0.717) is 16.3 Å². The van der Waals surface area contributed by atoms with Crippen LogP contribution in [0.1, 0.15) is 15.9 Å². The molecule has 0 aromatic heterocycles. The molecular weight excluding hydrogens is 549 g/mol. The summed E-state index contributed by atoms with van der Waals surface area (Å²) >= 11 is 12.0. The first-order valence-corrected chi connectivity index (χ1v) is 13.6. The Morgan fingerprint density at radius 3 is 2.24 bits per heavy atom. The smallest absolute Gasteiger partial charge is 0.324 e. The fourth-order valence-electron chi connectivity index (χ4n) is 4.13. The van der Waals surface area contributed by atoms with Crippen LogP contribution >= 0.6 is 23.2 Å². The average Bonchev–Trinajstić information content (AvgIpc) is 2.89. The molecule has 0 saturated carbocycles. The van der Waals surface area contributed by atoms with Crippen molar-refractivity contribution in [3.8, 4) is 0 Å². The van der Waals surface area contributed by atoms with Gasteiger partial charge in [0.25, 0.3) is 15.9 Å². The molecule has 0 spiro atoms. The van der Waals surface area contributed by atoms with Gasteiger partial charge in [0.2, 0.25) is 0 Å². The Kier molecular flexibility index (Phi) is 8.11. The fraction of sp³-hybridized carbons (Fsp3) is 0.111. The highest BCUT2D eigenvalue weighted by molar-refractivity contribution is 7.92. The number of hydrogen-bond acceptors (Lipinski definition) is 5. The molecule has 11 heteroatoms. The molecule has 0 unspecified atom stereocenters. The van der Waals surface area contributed by atoms with Crippen molar-refractivity contribution in [2.45, 2.75) is 11.4 Å². The van der Waals surface area contributed by atoms with Crippen molar-refractivity contribution in [2.75, 3.05) is 23.2 Å². The molecule has 4 aromatic carbocycles. The third-order valence-electron chi connectivity index (χ3n) is 5.84. The van der Waals surface area contributed by atoms with E-state index < -0.39 is 22.5 Å². The summed E-state index contributed by atoms with van der Waals surface area (Å²) in [5, 5.41) is 16.6. The second kappa shape index (κ2) is 11.3. The van der Waals surface area contributed by atoms with Gasteiger partial charge in [-0.3, -0.25) is 13.9 Å². The van der Waals surface area contributed by atoms with Gasteiger partial charge in [-0.1, -0.05) is 65.7 Å². The molecule has 0 bridgehead atoms. The average molecular weight is 572 g/mol. The SMILES string of the molecule is CNc1ccccc1CNC(=O)c1cccc2c(N(CC(=O)O)S(=O)(=O)c3cc(Cl)cc(Cl)c3)cccc12. The van der Waals surface area contributed by atoms with E-state index in [1.807, 2.05) is 24.3 Å². The summed E-state index contributed by atoms with van der Waals surface area (Å²) in [5.74, 6) is -1.73. The highest BCUT2D eigenvalue weighted by Crippen LogP contribution is 2.34. The van der Waals surface area contributed by atoms with E-state index >= 15 is 0 Å². The van der Waals surface area contributed by atoms with Gasteiger partial charge in [0.15, 0.2) is 0 Å². The summed E-state index contributed by atoms with van der Waals surface area (Å²) in [6, 6.07) is 20.9. The van der Waals surface area contributed by atoms with Crippen LogP contribution in [0.5, 0.6) is 0 Å². The minimum Gasteiger partial charge on any atom is -0.480 e. The summed E-state index contributed by atoms with van der Waals surface area (Å²) in [6.07, 6.45) is 0. The molecule has 0 aliphatic carbocycles. The summed E-state index contributed by atoms with van der Waals surface area (Å²) in [7, 11) is -2.60. The van der Waals surface area contributed by atoms with Crippen LogP contribution in [0.15, 0.2) is 83.8 Å². The zero-order chi connectivity index (χ0) is 27.4. The van der Waals surface area contributed by atoms with Crippen molar-refractivity contribution in [3.05, 3.63) is 100 Å². The van der Waals surface area contributed by atoms with Gasteiger partial charge in [0, 0.05) is 40.3 Å². The number of nitrogens with one attached hydrogen (secondary N) is 2. The van der Waals surface area contributed by atoms with E-state index in [4.69, 9.17) is 23.2 Å². The Balaban J connectivity index is 1.77. The van der Waals surface area contributed by atoms with E-state index in [9.17, 15) is 23.1 Å². The number of sulfonamides is 1. The zero-order valence-electron chi connectivity index (χ0n) is 20.1. The molecule has 8 nitrogen and oxygen atoms in total. The molecule has 1 amide bonds. The number of carbonyl (C=O) groups is 2. The van der Waals surface area contributed by atoms with E-state index in [0.717, 1.165) is 15.6 Å². The Hall–Kier alpha value is -3.79. The summed E-state index contributed by atoms with van der Waals surface area (Å²) in [5.41, 5.74) is 2.17. The van der Waals surface area contributed by atoms with Crippen LogP contribution in [0.25, 0.3) is 10.8 Å². The maximum Gasteiger partial charge on any atom is 0.324 e. The van der Waals surface area contributed by atoms with Crippen molar-refractivity contribution in [1.29, 1.82) is 0 Å². The number of rotatable bonds is 9. The summed E-state index contributed by atoms with van der Waals surface area (Å²) < 4.78 is 28.0. The first kappa shape index (κ1) is 27.3. The number of halogens is 2. The van der Waals surface area contributed by atoms with Crippen molar-refractivity contribution in [2.24, 2.45) is 0 Å². The minimum absolute atomic E-state index is 0.0862. The van der Waals surface area contributed by atoms with Gasteiger partial charge in [-0.15, -0.1) is 0 Å². The van der Waals surface area contributed by atoms with E-state index in [1.54, 1.807) is 37.4 Å². The molecule has 0 aliphatic heterocycles. The number of benzene rings is 4. The van der Waals surface area contributed by atoms with Gasteiger partial charge < -0.3 is 15.7 Å². The molecule has 3 N–H and O–H groups in total. The highest BCUT2D eigenvalue weighted by atomic mass is 35.5. The predicted molar refractivity (Wildman–Crippen MR) is 150 cm³/mol. The van der Waals surface area contributed by atoms with Crippen molar-refractivity contribution in [3.63, 3.8) is 0 Å². The summed E-state index contributed by atoms with van der Waals surface area (Å²) in [4.78, 5) is 24.7. The lowest BCUT2D eigenvalue weighted by Crippen LogP contribution is -2.36. The molecule has 0 fully saturated rings.